The Morgan fingerprint density at radius 1 is 1.50 bits per heavy atom. The van der Waals surface area contributed by atoms with Crippen molar-refractivity contribution in [1.29, 1.82) is 0 Å². The highest BCUT2D eigenvalue weighted by atomic mass is 31.2. The van der Waals surface area contributed by atoms with Gasteiger partial charge in [0.15, 0.2) is 0 Å². The highest BCUT2D eigenvalue weighted by Gasteiger charge is 2.25. The van der Waals surface area contributed by atoms with E-state index in [1.165, 1.54) is 7.11 Å². The van der Waals surface area contributed by atoms with Gasteiger partial charge in [-0.2, -0.15) is 0 Å². The van der Waals surface area contributed by atoms with Crippen LogP contribution in [0.4, 0.5) is 0 Å². The molecule has 0 heterocycles. The zero-order valence-corrected chi connectivity index (χ0v) is 8.84. The topological polar surface area (TPSA) is 58.9 Å². The largest absolute Gasteiger partial charge is 0.393 e. The molecule has 0 aromatic carbocycles. The first kappa shape index (κ1) is 12.3. The fourth-order valence-corrected chi connectivity index (χ4v) is 0.943. The zero-order chi connectivity index (χ0) is 9.78. The third-order valence-electron chi connectivity index (χ3n) is 1.83. The molecule has 2 N–H and O–H groups in total. The van der Waals surface area contributed by atoms with Crippen LogP contribution < -0.4 is 0 Å². The number of hydrogen-bond donors (Lipinski definition) is 2. The first-order valence-electron chi connectivity index (χ1n) is 3.74. The van der Waals surface area contributed by atoms with Crippen LogP contribution in [0.1, 0.15) is 20.8 Å². The Bertz CT molecular complexity index is 127. The maximum absolute atomic E-state index is 9.27. The predicted molar refractivity (Wildman–Crippen MR) is 47.6 cm³/mol. The summed E-state index contributed by atoms with van der Waals surface area (Å²) in [6, 6.07) is 0. The molecule has 5 heteroatoms. The lowest BCUT2D eigenvalue weighted by Gasteiger charge is -2.27. The molecular weight excluding hydrogens is 179 g/mol. The number of aliphatic hydroxyl groups excluding tert-OH is 1. The van der Waals surface area contributed by atoms with Crippen LogP contribution in [0, 0.1) is 5.41 Å². The molecule has 0 aliphatic rings. The van der Waals surface area contributed by atoms with Crippen molar-refractivity contribution in [2.24, 2.45) is 5.41 Å². The lowest BCUT2D eigenvalue weighted by molar-refractivity contribution is 0.0236. The van der Waals surface area contributed by atoms with E-state index >= 15 is 0 Å². The molecule has 0 aliphatic heterocycles. The van der Waals surface area contributed by atoms with Crippen molar-refractivity contribution < 1.29 is 19.0 Å². The molecule has 0 bridgehead atoms. The summed E-state index contributed by atoms with van der Waals surface area (Å²) in [5, 5.41) is 9.27. The van der Waals surface area contributed by atoms with Gasteiger partial charge in [-0.15, -0.1) is 0 Å². The normalized spacial score (nSPS) is 17.5. The summed E-state index contributed by atoms with van der Waals surface area (Å²) >= 11 is 0. The van der Waals surface area contributed by atoms with Crippen molar-refractivity contribution in [3.05, 3.63) is 0 Å². The minimum absolute atomic E-state index is 0.278. The van der Waals surface area contributed by atoms with E-state index in [1.807, 2.05) is 13.8 Å². The smallest absolute Gasteiger partial charge is 0.329 e. The Balaban J connectivity index is 3.75. The second kappa shape index (κ2) is 5.10. The molecule has 0 aromatic heterocycles. The zero-order valence-electron chi connectivity index (χ0n) is 7.94. The van der Waals surface area contributed by atoms with Gasteiger partial charge in [0.2, 0.25) is 0 Å². The van der Waals surface area contributed by atoms with E-state index in [1.54, 1.807) is 6.92 Å². The summed E-state index contributed by atoms with van der Waals surface area (Å²) in [5.41, 5.74) is -0.359. The molecule has 0 aromatic rings. The summed E-state index contributed by atoms with van der Waals surface area (Å²) < 4.78 is 9.50. The van der Waals surface area contributed by atoms with Crippen LogP contribution in [0.25, 0.3) is 0 Å². The number of rotatable bonds is 5. The van der Waals surface area contributed by atoms with Gasteiger partial charge in [0, 0.05) is 12.5 Å². The average Bonchev–Trinajstić information content (AvgIpc) is 2.00. The predicted octanol–water partition coefficient (Wildman–Crippen LogP) is 1.28. The van der Waals surface area contributed by atoms with Gasteiger partial charge < -0.3 is 19.0 Å². The van der Waals surface area contributed by atoms with Crippen LogP contribution in [0.15, 0.2) is 0 Å². The number of aliphatic hydroxyl groups is 1. The third-order valence-corrected chi connectivity index (χ3v) is 2.50. The van der Waals surface area contributed by atoms with Gasteiger partial charge in [-0.05, 0) is 6.92 Å². The Labute approximate surface area is 74.5 Å². The molecule has 0 saturated carbocycles. The highest BCUT2D eigenvalue weighted by molar-refractivity contribution is 7.40. The van der Waals surface area contributed by atoms with Gasteiger partial charge in [0.25, 0.3) is 0 Å². The second-order valence-corrected chi connectivity index (χ2v) is 4.46. The van der Waals surface area contributed by atoms with Crippen LogP contribution >= 0.6 is 8.60 Å². The van der Waals surface area contributed by atoms with E-state index in [0.29, 0.717) is 0 Å². The van der Waals surface area contributed by atoms with Crippen LogP contribution in [0.5, 0.6) is 0 Å². The monoisotopic (exact) mass is 196 g/mol. The molecule has 12 heavy (non-hydrogen) atoms. The molecule has 4 nitrogen and oxygen atoms in total. The molecule has 0 amide bonds. The minimum atomic E-state index is -1.78. The van der Waals surface area contributed by atoms with Crippen LogP contribution in [-0.4, -0.2) is 29.8 Å². The van der Waals surface area contributed by atoms with E-state index in [4.69, 9.17) is 9.42 Å². The van der Waals surface area contributed by atoms with Crippen molar-refractivity contribution in [3.63, 3.8) is 0 Å². The fraction of sp³-hybridized carbons (Fsp3) is 1.00. The first-order chi connectivity index (χ1) is 5.40. The standard InChI is InChI=1S/C7H17O4P/c1-6(8)7(2,3)5-11-12(9)10-4/h6,8-9H,5H2,1-4H3. The quantitative estimate of drug-likeness (QED) is 0.650. The molecule has 74 valence electrons. The molecular formula is C7H17O4P. The van der Waals surface area contributed by atoms with E-state index in [-0.39, 0.29) is 12.0 Å². The summed E-state index contributed by atoms with van der Waals surface area (Å²) in [6.07, 6.45) is -0.474. The third kappa shape index (κ3) is 4.33. The van der Waals surface area contributed by atoms with Gasteiger partial charge in [0.05, 0.1) is 12.7 Å². The Morgan fingerprint density at radius 2 is 2.00 bits per heavy atom. The molecule has 0 rings (SSSR count). The lowest BCUT2D eigenvalue weighted by Crippen LogP contribution is -2.30. The van der Waals surface area contributed by atoms with E-state index in [0.717, 1.165) is 0 Å². The molecule has 2 unspecified atom stereocenters. The van der Waals surface area contributed by atoms with Crippen LogP contribution in [0.3, 0.4) is 0 Å². The molecule has 0 aliphatic carbocycles. The fourth-order valence-electron chi connectivity index (χ4n) is 0.395. The Hall–Kier alpha value is 0.270. The minimum Gasteiger partial charge on any atom is -0.393 e. The molecule has 0 radical (unpaired) electrons. The van der Waals surface area contributed by atoms with Crippen molar-refractivity contribution >= 4 is 8.60 Å². The van der Waals surface area contributed by atoms with Gasteiger partial charge in [-0.3, -0.25) is 0 Å². The van der Waals surface area contributed by atoms with Crippen molar-refractivity contribution in [1.82, 2.24) is 0 Å². The highest BCUT2D eigenvalue weighted by Crippen LogP contribution is 2.34. The maximum atomic E-state index is 9.27. The SMILES string of the molecule is COP(O)OCC(C)(C)C(C)O. The summed E-state index contributed by atoms with van der Waals surface area (Å²) in [5.74, 6) is 0. The summed E-state index contributed by atoms with van der Waals surface area (Å²) in [7, 11) is -0.402. The molecule has 0 saturated heterocycles. The lowest BCUT2D eigenvalue weighted by atomic mass is 9.89. The Morgan fingerprint density at radius 3 is 2.33 bits per heavy atom. The maximum Gasteiger partial charge on any atom is 0.329 e. The van der Waals surface area contributed by atoms with Crippen LogP contribution in [0.2, 0.25) is 0 Å². The van der Waals surface area contributed by atoms with E-state index < -0.39 is 14.7 Å². The van der Waals surface area contributed by atoms with Crippen molar-refractivity contribution in [2.45, 2.75) is 26.9 Å². The van der Waals surface area contributed by atoms with Gasteiger partial charge in [-0.1, -0.05) is 13.8 Å². The van der Waals surface area contributed by atoms with E-state index in [2.05, 4.69) is 4.52 Å². The van der Waals surface area contributed by atoms with Gasteiger partial charge >= 0.3 is 8.60 Å². The first-order valence-corrected chi connectivity index (χ1v) is 4.87. The van der Waals surface area contributed by atoms with E-state index in [9.17, 15) is 5.11 Å². The summed E-state index contributed by atoms with van der Waals surface area (Å²) in [4.78, 5) is 8.94. The Kier molecular flexibility index (Phi) is 5.21. The van der Waals surface area contributed by atoms with Crippen LogP contribution in [-0.2, 0) is 9.05 Å². The van der Waals surface area contributed by atoms with Gasteiger partial charge in [-0.25, -0.2) is 0 Å². The molecule has 0 spiro atoms. The second-order valence-electron chi connectivity index (χ2n) is 3.36. The van der Waals surface area contributed by atoms with Crippen molar-refractivity contribution in [2.75, 3.05) is 13.7 Å². The van der Waals surface area contributed by atoms with Crippen molar-refractivity contribution in [3.8, 4) is 0 Å². The average molecular weight is 196 g/mol. The number of hydrogen-bond acceptors (Lipinski definition) is 4. The molecule has 0 fully saturated rings. The summed E-state index contributed by atoms with van der Waals surface area (Å²) in [6.45, 7) is 5.68. The molecule has 2 atom stereocenters. The van der Waals surface area contributed by atoms with Gasteiger partial charge in [0.1, 0.15) is 0 Å².